The number of amides is 2. The molecule has 1 aliphatic rings. The fourth-order valence-corrected chi connectivity index (χ4v) is 2.20. The summed E-state index contributed by atoms with van der Waals surface area (Å²) in [5, 5.41) is 2.66. The molecule has 2 rings (SSSR count). The van der Waals surface area contributed by atoms with Crippen LogP contribution < -0.4 is 5.32 Å². The molecule has 1 aliphatic heterocycles. The van der Waals surface area contributed by atoms with Crippen molar-refractivity contribution in [2.75, 3.05) is 6.54 Å². The number of carbonyl (C=O) groups is 2. The van der Waals surface area contributed by atoms with E-state index in [1.807, 2.05) is 6.92 Å². The average Bonchev–Trinajstić information content (AvgIpc) is 2.76. The monoisotopic (exact) mass is 278 g/mol. The second-order valence-corrected chi connectivity index (χ2v) is 4.69. The molecule has 1 fully saturated rings. The van der Waals surface area contributed by atoms with Gasteiger partial charge in [-0.05, 0) is 31.3 Å². The second-order valence-electron chi connectivity index (χ2n) is 4.30. The smallest absolute Gasteiger partial charge is 0.242 e. The first kappa shape index (κ1) is 13.5. The predicted octanol–water partition coefficient (Wildman–Crippen LogP) is 1.18. The van der Waals surface area contributed by atoms with Gasteiger partial charge in [0.1, 0.15) is 17.4 Å². The first-order valence-corrected chi connectivity index (χ1v) is 6.26. The van der Waals surface area contributed by atoms with Crippen molar-refractivity contribution < 1.29 is 14.0 Å². The number of rotatable bonds is 4. The van der Waals surface area contributed by atoms with E-state index in [-0.39, 0.29) is 29.9 Å². The molecular formula is C13H14N2O3S. The highest BCUT2D eigenvalue weighted by Gasteiger charge is 2.38. The quantitative estimate of drug-likeness (QED) is 0.510. The third-order valence-electron chi connectivity index (χ3n) is 2.87. The molecule has 2 amide bonds. The van der Waals surface area contributed by atoms with Crippen molar-refractivity contribution in [2.45, 2.75) is 13.3 Å². The van der Waals surface area contributed by atoms with Gasteiger partial charge in [0, 0.05) is 13.0 Å². The zero-order valence-corrected chi connectivity index (χ0v) is 11.3. The van der Waals surface area contributed by atoms with E-state index in [1.54, 1.807) is 18.2 Å². The molecule has 1 aromatic rings. The van der Waals surface area contributed by atoms with Crippen molar-refractivity contribution in [2.24, 2.45) is 5.92 Å². The van der Waals surface area contributed by atoms with Gasteiger partial charge in [-0.15, -0.1) is 6.58 Å². The molecule has 6 heteroatoms. The van der Waals surface area contributed by atoms with Crippen molar-refractivity contribution in [3.8, 4) is 0 Å². The Hall–Kier alpha value is -1.95. The number of hydrogen-bond acceptors (Lipinski definition) is 4. The fourth-order valence-electron chi connectivity index (χ4n) is 1.94. The number of thiocarbonyl (C=S) groups is 1. The highest BCUT2D eigenvalue weighted by molar-refractivity contribution is 7.80. The molecule has 1 saturated heterocycles. The van der Waals surface area contributed by atoms with Gasteiger partial charge in [-0.3, -0.25) is 14.5 Å². The topological polar surface area (TPSA) is 62.6 Å². The number of carbonyl (C=O) groups excluding carboxylic acids is 2. The minimum Gasteiger partial charge on any atom is -0.466 e. The Morgan fingerprint density at radius 2 is 2.26 bits per heavy atom. The summed E-state index contributed by atoms with van der Waals surface area (Å²) >= 11 is 4.97. The maximum Gasteiger partial charge on any atom is 0.242 e. The zero-order chi connectivity index (χ0) is 14.0. The van der Waals surface area contributed by atoms with E-state index >= 15 is 0 Å². The molecule has 0 spiro atoms. The van der Waals surface area contributed by atoms with Gasteiger partial charge >= 0.3 is 0 Å². The van der Waals surface area contributed by atoms with Crippen LogP contribution in [-0.2, 0) is 16.0 Å². The Bertz CT molecular complexity index is 550. The van der Waals surface area contributed by atoms with E-state index in [2.05, 4.69) is 11.9 Å². The van der Waals surface area contributed by atoms with Gasteiger partial charge in [0.25, 0.3) is 0 Å². The fraction of sp³-hybridized carbons (Fsp3) is 0.308. The van der Waals surface area contributed by atoms with Crippen molar-refractivity contribution in [1.29, 1.82) is 0 Å². The average molecular weight is 278 g/mol. The molecule has 19 heavy (non-hydrogen) atoms. The number of hydrogen-bond donors (Lipinski definition) is 1. The summed E-state index contributed by atoms with van der Waals surface area (Å²) in [4.78, 5) is 25.4. The number of nitrogens with zero attached hydrogens (tertiary/aromatic N) is 1. The summed E-state index contributed by atoms with van der Waals surface area (Å²) in [5.41, 5.74) is 0. The zero-order valence-electron chi connectivity index (χ0n) is 10.5. The predicted molar refractivity (Wildman–Crippen MR) is 73.3 cm³/mol. The highest BCUT2D eigenvalue weighted by Crippen LogP contribution is 2.18. The molecule has 0 aliphatic carbocycles. The minimum absolute atomic E-state index is 0.127. The third kappa shape index (κ3) is 2.73. The summed E-state index contributed by atoms with van der Waals surface area (Å²) in [7, 11) is 0. The molecule has 1 aromatic heterocycles. The molecule has 0 aromatic carbocycles. The van der Waals surface area contributed by atoms with Crippen LogP contribution in [0.2, 0.25) is 0 Å². The summed E-state index contributed by atoms with van der Waals surface area (Å²) in [5.74, 6) is -0.154. The summed E-state index contributed by atoms with van der Waals surface area (Å²) < 4.78 is 5.40. The van der Waals surface area contributed by atoms with Crippen LogP contribution in [0.3, 0.4) is 0 Å². The molecule has 0 radical (unpaired) electrons. The van der Waals surface area contributed by atoms with Crippen LogP contribution >= 0.6 is 12.2 Å². The summed E-state index contributed by atoms with van der Waals surface area (Å²) in [6.07, 6.45) is 1.80. The normalized spacial score (nSPS) is 19.5. The summed E-state index contributed by atoms with van der Waals surface area (Å²) in [6, 6.07) is 3.56. The van der Waals surface area contributed by atoms with E-state index in [0.717, 1.165) is 5.76 Å². The lowest BCUT2D eigenvalue weighted by Crippen LogP contribution is -2.58. The van der Waals surface area contributed by atoms with E-state index in [0.29, 0.717) is 5.76 Å². The molecule has 0 bridgehead atoms. The van der Waals surface area contributed by atoms with Gasteiger partial charge in [0.15, 0.2) is 5.11 Å². The Morgan fingerprint density at radius 3 is 2.84 bits per heavy atom. The molecular weight excluding hydrogens is 264 g/mol. The van der Waals surface area contributed by atoms with Crippen LogP contribution in [0.1, 0.15) is 11.5 Å². The minimum atomic E-state index is -0.808. The molecule has 0 saturated carbocycles. The van der Waals surface area contributed by atoms with Crippen LogP contribution in [0.15, 0.2) is 29.2 Å². The van der Waals surface area contributed by atoms with Crippen molar-refractivity contribution in [3.63, 3.8) is 0 Å². The van der Waals surface area contributed by atoms with Gasteiger partial charge in [-0.25, -0.2) is 0 Å². The van der Waals surface area contributed by atoms with Crippen molar-refractivity contribution in [3.05, 3.63) is 36.3 Å². The van der Waals surface area contributed by atoms with Crippen LogP contribution in [0.25, 0.3) is 0 Å². The van der Waals surface area contributed by atoms with Crippen LogP contribution in [0, 0.1) is 12.8 Å². The van der Waals surface area contributed by atoms with Gasteiger partial charge in [-0.2, -0.15) is 0 Å². The van der Waals surface area contributed by atoms with Gasteiger partial charge in [0.2, 0.25) is 11.8 Å². The van der Waals surface area contributed by atoms with Crippen LogP contribution in [0.5, 0.6) is 0 Å². The van der Waals surface area contributed by atoms with Crippen molar-refractivity contribution >= 4 is 29.1 Å². The van der Waals surface area contributed by atoms with Crippen molar-refractivity contribution in [1.82, 2.24) is 10.2 Å². The highest BCUT2D eigenvalue weighted by atomic mass is 32.1. The number of nitrogens with one attached hydrogen (secondary N) is 1. The molecule has 1 unspecified atom stereocenters. The Morgan fingerprint density at radius 1 is 1.53 bits per heavy atom. The number of aryl methyl sites for hydroxylation is 1. The maximum atomic E-state index is 12.2. The molecule has 5 nitrogen and oxygen atoms in total. The lowest BCUT2D eigenvalue weighted by atomic mass is 9.99. The van der Waals surface area contributed by atoms with E-state index in [4.69, 9.17) is 16.6 Å². The third-order valence-corrected chi connectivity index (χ3v) is 3.19. The van der Waals surface area contributed by atoms with Gasteiger partial charge < -0.3 is 9.73 Å². The first-order valence-electron chi connectivity index (χ1n) is 5.85. The molecule has 1 atom stereocenters. The van der Waals surface area contributed by atoms with Crippen LogP contribution in [-0.4, -0.2) is 28.4 Å². The van der Waals surface area contributed by atoms with E-state index in [1.165, 1.54) is 4.90 Å². The molecule has 100 valence electrons. The van der Waals surface area contributed by atoms with Gasteiger partial charge in [0.05, 0.1) is 0 Å². The molecule has 1 N–H and O–H groups in total. The second kappa shape index (κ2) is 5.36. The number of furan rings is 1. The van der Waals surface area contributed by atoms with E-state index < -0.39 is 5.92 Å². The van der Waals surface area contributed by atoms with Crippen LogP contribution in [0.4, 0.5) is 0 Å². The Labute approximate surface area is 116 Å². The Balaban J connectivity index is 2.18. The SMILES string of the molecule is C=CCN1C(=O)C(Cc2ccc(C)o2)C(=O)NC1=S. The lowest BCUT2D eigenvalue weighted by molar-refractivity contribution is -0.141. The van der Waals surface area contributed by atoms with Gasteiger partial charge in [-0.1, -0.05) is 6.08 Å². The Kier molecular flexibility index (Phi) is 3.80. The van der Waals surface area contributed by atoms with E-state index in [9.17, 15) is 9.59 Å². The first-order chi connectivity index (χ1) is 9.02. The lowest BCUT2D eigenvalue weighted by Gasteiger charge is -2.31. The summed E-state index contributed by atoms with van der Waals surface area (Å²) in [6.45, 7) is 5.66. The largest absolute Gasteiger partial charge is 0.466 e. The maximum absolute atomic E-state index is 12.2. The molecule has 2 heterocycles. The standard InChI is InChI=1S/C13H14N2O3S/c1-3-6-15-12(17)10(11(16)14-13(15)19)7-9-5-4-8(2)18-9/h3-5,10H,1,6-7H2,2H3,(H,14,16,19).